The molecule has 2 fully saturated rings. The Morgan fingerprint density at radius 2 is 1.76 bits per heavy atom. The average molecular weight is 526 g/mol. The van der Waals surface area contributed by atoms with Gasteiger partial charge in [0.05, 0.1) is 16.1 Å². The van der Waals surface area contributed by atoms with Gasteiger partial charge in [0, 0.05) is 12.1 Å². The number of rotatable bonds is 8. The number of hydrogen-bond acceptors (Lipinski definition) is 3. The van der Waals surface area contributed by atoms with Gasteiger partial charge in [-0.05, 0) is 56.2 Å². The van der Waals surface area contributed by atoms with Gasteiger partial charge in [0.1, 0.15) is 17.6 Å². The quantitative estimate of drug-likeness (QED) is 0.325. The Bertz CT molecular complexity index is 1200. The normalized spacial score (nSPS) is 19.0. The summed E-state index contributed by atoms with van der Waals surface area (Å²) in [6.45, 7) is 2.04. The lowest BCUT2D eigenvalue weighted by atomic mass is 9.82. The Kier molecular flexibility index (Phi) is 8.33. The number of imidazole rings is 1. The highest BCUT2D eigenvalue weighted by molar-refractivity contribution is 6.31. The number of nitrogens with one attached hydrogen (secondary N) is 1. The number of nitrogens with zero attached hydrogens (tertiary/aromatic N) is 2. The van der Waals surface area contributed by atoms with E-state index in [4.69, 9.17) is 21.3 Å². The van der Waals surface area contributed by atoms with Gasteiger partial charge in [-0.1, -0.05) is 75.2 Å². The van der Waals surface area contributed by atoms with E-state index in [1.165, 1.54) is 18.9 Å². The van der Waals surface area contributed by atoms with Crippen LogP contribution in [0, 0.1) is 11.7 Å². The summed E-state index contributed by atoms with van der Waals surface area (Å²) in [5, 5.41) is 3.43. The van der Waals surface area contributed by atoms with Crippen LogP contribution < -0.4 is 10.1 Å². The van der Waals surface area contributed by atoms with Crippen molar-refractivity contribution in [3.63, 3.8) is 0 Å². The topological polar surface area (TPSA) is 56.2 Å². The molecule has 198 valence electrons. The average Bonchev–Trinajstić information content (AvgIpc) is 3.27. The zero-order valence-corrected chi connectivity index (χ0v) is 22.4. The molecule has 1 aromatic heterocycles. The fraction of sp³-hybridized carbons (Fsp3) is 0.533. The lowest BCUT2D eigenvalue weighted by Crippen LogP contribution is -2.44. The van der Waals surface area contributed by atoms with Crippen molar-refractivity contribution in [1.82, 2.24) is 14.9 Å². The predicted octanol–water partition coefficient (Wildman–Crippen LogP) is 7.93. The Morgan fingerprint density at radius 3 is 2.43 bits per heavy atom. The van der Waals surface area contributed by atoms with Crippen molar-refractivity contribution in [1.29, 1.82) is 0 Å². The van der Waals surface area contributed by atoms with Gasteiger partial charge in [0.25, 0.3) is 0 Å². The van der Waals surface area contributed by atoms with Crippen LogP contribution in [-0.4, -0.2) is 21.5 Å². The summed E-state index contributed by atoms with van der Waals surface area (Å²) in [7, 11) is 0. The van der Waals surface area contributed by atoms with Gasteiger partial charge in [-0.2, -0.15) is 0 Å². The molecule has 1 amide bonds. The van der Waals surface area contributed by atoms with Crippen molar-refractivity contribution in [2.24, 2.45) is 5.92 Å². The van der Waals surface area contributed by atoms with E-state index in [0.717, 1.165) is 57.1 Å². The van der Waals surface area contributed by atoms with Gasteiger partial charge in [0.15, 0.2) is 11.9 Å². The minimum absolute atomic E-state index is 0.0345. The van der Waals surface area contributed by atoms with E-state index < -0.39 is 18.0 Å². The minimum atomic E-state index is -0.511. The van der Waals surface area contributed by atoms with E-state index in [-0.39, 0.29) is 22.9 Å². The van der Waals surface area contributed by atoms with Crippen LogP contribution in [0.5, 0.6) is 5.75 Å². The number of carbonyl (C=O) groups excluding carboxylic acids is 1. The van der Waals surface area contributed by atoms with Crippen molar-refractivity contribution >= 4 is 28.5 Å². The molecule has 3 aromatic rings. The van der Waals surface area contributed by atoms with Crippen molar-refractivity contribution in [2.45, 2.75) is 95.7 Å². The SMILES string of the molecule is CCC(Oc1ccccc1)c1nc2cc(F)c(Cl)cc2n1C(C(=O)NC1CCCCC1)C1CCCCC1. The van der Waals surface area contributed by atoms with Crippen LogP contribution in [0.2, 0.25) is 5.02 Å². The summed E-state index contributed by atoms with van der Waals surface area (Å²) in [6.07, 6.45) is 11.2. The molecule has 0 radical (unpaired) electrons. The lowest BCUT2D eigenvalue weighted by molar-refractivity contribution is -0.127. The summed E-state index contributed by atoms with van der Waals surface area (Å²) in [5.74, 6) is 1.08. The molecule has 2 atom stereocenters. The Morgan fingerprint density at radius 1 is 1.08 bits per heavy atom. The lowest BCUT2D eigenvalue weighted by Gasteiger charge is -2.34. The molecule has 0 aliphatic heterocycles. The van der Waals surface area contributed by atoms with Crippen molar-refractivity contribution in [3.05, 3.63) is 59.1 Å². The molecule has 2 aromatic carbocycles. The first-order chi connectivity index (χ1) is 18.0. The standard InChI is InChI=1S/C30H37ClFN3O2/c1-2-27(37-22-16-10-5-11-17-22)29-34-25-19-24(32)23(31)18-26(25)35(29)28(20-12-6-3-7-13-20)30(36)33-21-14-8-4-9-15-21/h5,10-11,16-21,27-28H,2-4,6-9,12-15H2,1H3,(H,33,36). The number of para-hydroxylation sites is 1. The van der Waals surface area contributed by atoms with E-state index in [9.17, 15) is 9.18 Å². The molecule has 1 N–H and O–H groups in total. The first-order valence-corrected chi connectivity index (χ1v) is 14.3. The molecule has 2 unspecified atom stereocenters. The molecule has 0 saturated heterocycles. The second-order valence-corrected chi connectivity index (χ2v) is 11.0. The molecule has 7 heteroatoms. The number of carbonyl (C=O) groups is 1. The van der Waals surface area contributed by atoms with Crippen molar-refractivity contribution in [2.75, 3.05) is 0 Å². The molecule has 2 aliphatic rings. The minimum Gasteiger partial charge on any atom is -0.483 e. The molecule has 5 rings (SSSR count). The first kappa shape index (κ1) is 26.0. The monoisotopic (exact) mass is 525 g/mol. The third-order valence-corrected chi connectivity index (χ3v) is 8.32. The number of ether oxygens (including phenoxy) is 1. The van der Waals surface area contributed by atoms with E-state index in [0.29, 0.717) is 23.3 Å². The highest BCUT2D eigenvalue weighted by Gasteiger charge is 2.37. The molecule has 2 aliphatic carbocycles. The Balaban J connectivity index is 1.61. The van der Waals surface area contributed by atoms with Crippen LogP contribution in [0.25, 0.3) is 11.0 Å². The second-order valence-electron chi connectivity index (χ2n) is 10.6. The fourth-order valence-corrected chi connectivity index (χ4v) is 6.29. The number of amides is 1. The largest absolute Gasteiger partial charge is 0.483 e. The van der Waals surface area contributed by atoms with Crippen LogP contribution in [0.15, 0.2) is 42.5 Å². The Hall–Kier alpha value is -2.60. The summed E-state index contributed by atoms with van der Waals surface area (Å²) in [6, 6.07) is 12.4. The molecule has 5 nitrogen and oxygen atoms in total. The smallest absolute Gasteiger partial charge is 0.243 e. The van der Waals surface area contributed by atoms with Crippen LogP contribution in [0.1, 0.15) is 95.5 Å². The van der Waals surface area contributed by atoms with Crippen LogP contribution in [0.4, 0.5) is 4.39 Å². The van der Waals surface area contributed by atoms with Crippen molar-refractivity contribution in [3.8, 4) is 5.75 Å². The number of hydrogen-bond donors (Lipinski definition) is 1. The first-order valence-electron chi connectivity index (χ1n) is 13.9. The van der Waals surface area contributed by atoms with Crippen LogP contribution >= 0.6 is 11.6 Å². The molecule has 37 heavy (non-hydrogen) atoms. The van der Waals surface area contributed by atoms with Gasteiger partial charge < -0.3 is 14.6 Å². The maximum absolute atomic E-state index is 14.6. The predicted molar refractivity (Wildman–Crippen MR) is 145 cm³/mol. The summed E-state index contributed by atoms with van der Waals surface area (Å²) >= 11 is 6.29. The zero-order valence-electron chi connectivity index (χ0n) is 21.6. The van der Waals surface area contributed by atoms with Gasteiger partial charge in [-0.3, -0.25) is 4.79 Å². The zero-order chi connectivity index (χ0) is 25.8. The molecular formula is C30H37ClFN3O2. The molecular weight excluding hydrogens is 489 g/mol. The van der Waals surface area contributed by atoms with E-state index >= 15 is 0 Å². The van der Waals surface area contributed by atoms with Gasteiger partial charge in [-0.15, -0.1) is 0 Å². The Labute approximate surface area is 223 Å². The number of aromatic nitrogens is 2. The summed E-state index contributed by atoms with van der Waals surface area (Å²) < 4.78 is 23.0. The fourth-order valence-electron chi connectivity index (χ4n) is 6.14. The highest BCUT2D eigenvalue weighted by Crippen LogP contribution is 2.39. The van der Waals surface area contributed by atoms with E-state index in [2.05, 4.69) is 5.32 Å². The summed E-state index contributed by atoms with van der Waals surface area (Å²) in [4.78, 5) is 19.0. The number of benzene rings is 2. The van der Waals surface area contributed by atoms with Gasteiger partial charge in [-0.25, -0.2) is 9.37 Å². The van der Waals surface area contributed by atoms with Gasteiger partial charge in [0.2, 0.25) is 5.91 Å². The number of fused-ring (bicyclic) bond motifs is 1. The summed E-state index contributed by atoms with van der Waals surface area (Å²) in [5.41, 5.74) is 1.18. The molecule has 2 saturated carbocycles. The van der Waals surface area contributed by atoms with Crippen LogP contribution in [0.3, 0.4) is 0 Å². The maximum atomic E-state index is 14.6. The molecule has 1 heterocycles. The van der Waals surface area contributed by atoms with Gasteiger partial charge >= 0.3 is 0 Å². The molecule has 0 bridgehead atoms. The van der Waals surface area contributed by atoms with E-state index in [1.807, 2.05) is 41.8 Å². The third-order valence-electron chi connectivity index (χ3n) is 8.03. The maximum Gasteiger partial charge on any atom is 0.243 e. The van der Waals surface area contributed by atoms with E-state index in [1.54, 1.807) is 6.07 Å². The second kappa shape index (κ2) is 11.8. The highest BCUT2D eigenvalue weighted by atomic mass is 35.5. The van der Waals surface area contributed by atoms with Crippen molar-refractivity contribution < 1.29 is 13.9 Å². The molecule has 0 spiro atoms. The van der Waals surface area contributed by atoms with Crippen LogP contribution in [-0.2, 0) is 4.79 Å². The number of halogens is 2. The third kappa shape index (κ3) is 5.79.